The Morgan fingerprint density at radius 1 is 1.17 bits per heavy atom. The first-order valence-electron chi connectivity index (χ1n) is 5.69. The second-order valence-electron chi connectivity index (χ2n) is 3.85. The highest BCUT2D eigenvalue weighted by Crippen LogP contribution is 2.31. The lowest BCUT2D eigenvalue weighted by Crippen LogP contribution is -1.86. The molecule has 0 aromatic heterocycles. The Bertz CT molecular complexity index is 584. The van der Waals surface area contributed by atoms with E-state index in [4.69, 9.17) is 11.6 Å². The Hall–Kier alpha value is -1.43. The van der Waals surface area contributed by atoms with Gasteiger partial charge in [-0.15, -0.1) is 0 Å². The van der Waals surface area contributed by atoms with Crippen molar-refractivity contribution in [1.82, 2.24) is 0 Å². The highest BCUT2D eigenvalue weighted by atomic mass is 35.5. The molecule has 0 aliphatic heterocycles. The van der Waals surface area contributed by atoms with Gasteiger partial charge in [-0.3, -0.25) is 0 Å². The van der Waals surface area contributed by atoms with Gasteiger partial charge in [-0.2, -0.15) is 5.26 Å². The average Bonchev–Trinajstić information content (AvgIpc) is 2.41. The smallest absolute Gasteiger partial charge is 0.100 e. The number of rotatable bonds is 3. The van der Waals surface area contributed by atoms with Gasteiger partial charge in [0.05, 0.1) is 5.56 Å². The summed E-state index contributed by atoms with van der Waals surface area (Å²) in [5, 5.41) is 9.90. The van der Waals surface area contributed by atoms with Crippen LogP contribution in [0.1, 0.15) is 18.1 Å². The van der Waals surface area contributed by atoms with Crippen LogP contribution in [0.25, 0.3) is 0 Å². The van der Waals surface area contributed by atoms with E-state index < -0.39 is 0 Å². The predicted molar refractivity (Wildman–Crippen MR) is 76.1 cm³/mol. The fraction of sp³-hybridized carbons (Fsp3) is 0.133. The summed E-state index contributed by atoms with van der Waals surface area (Å²) in [6.45, 7) is 2.09. The summed E-state index contributed by atoms with van der Waals surface area (Å²) < 4.78 is 0. The van der Waals surface area contributed by atoms with E-state index in [0.717, 1.165) is 26.8 Å². The maximum Gasteiger partial charge on any atom is 0.100 e. The summed E-state index contributed by atoms with van der Waals surface area (Å²) >= 11 is 7.44. The highest BCUT2D eigenvalue weighted by Gasteiger charge is 2.05. The van der Waals surface area contributed by atoms with E-state index in [2.05, 4.69) is 19.1 Å². The molecule has 2 rings (SSSR count). The number of nitriles is 1. The van der Waals surface area contributed by atoms with Gasteiger partial charge in [0, 0.05) is 14.8 Å². The Labute approximate surface area is 116 Å². The first-order valence-corrected chi connectivity index (χ1v) is 6.89. The zero-order chi connectivity index (χ0) is 13.0. The second kappa shape index (κ2) is 5.95. The van der Waals surface area contributed by atoms with Crippen molar-refractivity contribution in [2.75, 3.05) is 0 Å². The van der Waals surface area contributed by atoms with Gasteiger partial charge in [0.15, 0.2) is 0 Å². The molecule has 0 amide bonds. The monoisotopic (exact) mass is 273 g/mol. The molecule has 0 saturated carbocycles. The lowest BCUT2D eigenvalue weighted by molar-refractivity contribution is 1.12. The van der Waals surface area contributed by atoms with Crippen molar-refractivity contribution in [3.05, 3.63) is 58.6 Å². The van der Waals surface area contributed by atoms with Crippen LogP contribution in [-0.4, -0.2) is 0 Å². The van der Waals surface area contributed by atoms with Crippen LogP contribution < -0.4 is 0 Å². The third kappa shape index (κ3) is 3.07. The molecule has 18 heavy (non-hydrogen) atoms. The van der Waals surface area contributed by atoms with E-state index >= 15 is 0 Å². The standard InChI is InChI=1S/C15H12ClNS/c1-2-11-3-8-15(12(9-11)10-17)18-14-6-4-13(16)5-7-14/h3-9H,2H2,1H3. The molecule has 3 heteroatoms. The van der Waals surface area contributed by atoms with E-state index in [1.54, 1.807) is 11.8 Å². The topological polar surface area (TPSA) is 23.8 Å². The van der Waals surface area contributed by atoms with Gasteiger partial charge >= 0.3 is 0 Å². The molecule has 0 unspecified atom stereocenters. The number of nitrogens with zero attached hydrogens (tertiary/aromatic N) is 1. The fourth-order valence-corrected chi connectivity index (χ4v) is 2.61. The van der Waals surface area contributed by atoms with Crippen molar-refractivity contribution in [3.8, 4) is 6.07 Å². The van der Waals surface area contributed by atoms with Crippen molar-refractivity contribution in [1.29, 1.82) is 5.26 Å². The first-order chi connectivity index (χ1) is 8.72. The third-order valence-corrected chi connectivity index (χ3v) is 3.95. The third-order valence-electron chi connectivity index (χ3n) is 2.61. The minimum absolute atomic E-state index is 0.723. The van der Waals surface area contributed by atoms with Crippen molar-refractivity contribution in [2.24, 2.45) is 0 Å². The maximum absolute atomic E-state index is 9.18. The quantitative estimate of drug-likeness (QED) is 0.792. The zero-order valence-electron chi connectivity index (χ0n) is 9.98. The van der Waals surface area contributed by atoms with Crippen LogP contribution >= 0.6 is 23.4 Å². The average molecular weight is 274 g/mol. The van der Waals surface area contributed by atoms with E-state index in [1.165, 1.54) is 5.56 Å². The molecule has 2 aromatic carbocycles. The van der Waals surface area contributed by atoms with E-state index in [1.807, 2.05) is 36.4 Å². The SMILES string of the molecule is CCc1ccc(Sc2ccc(Cl)cc2)c(C#N)c1. The van der Waals surface area contributed by atoms with Crippen LogP contribution in [0.5, 0.6) is 0 Å². The van der Waals surface area contributed by atoms with Gasteiger partial charge in [-0.05, 0) is 48.4 Å². The molecule has 0 bridgehead atoms. The van der Waals surface area contributed by atoms with Crippen LogP contribution in [-0.2, 0) is 6.42 Å². The minimum atomic E-state index is 0.723. The summed E-state index contributed by atoms with van der Waals surface area (Å²) in [5.74, 6) is 0. The van der Waals surface area contributed by atoms with Crippen LogP contribution in [0.2, 0.25) is 5.02 Å². The largest absolute Gasteiger partial charge is 0.192 e. The molecule has 0 atom stereocenters. The Morgan fingerprint density at radius 3 is 2.50 bits per heavy atom. The molecule has 1 nitrogen and oxygen atoms in total. The molecule has 0 radical (unpaired) electrons. The molecule has 0 aliphatic carbocycles. The van der Waals surface area contributed by atoms with Gasteiger partial charge in [0.1, 0.15) is 6.07 Å². The first kappa shape index (κ1) is 13.0. The molecule has 0 N–H and O–H groups in total. The summed E-state index contributed by atoms with van der Waals surface area (Å²) in [7, 11) is 0. The molecule has 0 fully saturated rings. The molecule has 0 spiro atoms. The zero-order valence-corrected chi connectivity index (χ0v) is 11.6. The van der Waals surface area contributed by atoms with Gasteiger partial charge in [0.2, 0.25) is 0 Å². The highest BCUT2D eigenvalue weighted by molar-refractivity contribution is 7.99. The van der Waals surface area contributed by atoms with Gasteiger partial charge < -0.3 is 0 Å². The van der Waals surface area contributed by atoms with Crippen LogP contribution in [0.4, 0.5) is 0 Å². The lowest BCUT2D eigenvalue weighted by Gasteiger charge is -2.06. The maximum atomic E-state index is 9.18. The van der Waals surface area contributed by atoms with Gasteiger partial charge in [-0.1, -0.05) is 36.4 Å². The van der Waals surface area contributed by atoms with Crippen LogP contribution in [0.3, 0.4) is 0 Å². The molecular weight excluding hydrogens is 262 g/mol. The normalized spacial score (nSPS) is 10.1. The number of benzene rings is 2. The van der Waals surface area contributed by atoms with E-state index in [0.29, 0.717) is 0 Å². The lowest BCUT2D eigenvalue weighted by atomic mass is 10.1. The number of aryl methyl sites for hydroxylation is 1. The molecule has 0 heterocycles. The summed E-state index contributed by atoms with van der Waals surface area (Å²) in [6.07, 6.45) is 0.945. The molecule has 0 saturated heterocycles. The van der Waals surface area contributed by atoms with Crippen molar-refractivity contribution < 1.29 is 0 Å². The summed E-state index contributed by atoms with van der Waals surface area (Å²) in [4.78, 5) is 2.07. The summed E-state index contributed by atoms with van der Waals surface area (Å²) in [6, 6.07) is 15.9. The van der Waals surface area contributed by atoms with E-state index in [-0.39, 0.29) is 0 Å². The van der Waals surface area contributed by atoms with Crippen molar-refractivity contribution in [2.45, 2.75) is 23.1 Å². The fourth-order valence-electron chi connectivity index (χ4n) is 1.60. The number of halogens is 1. The number of hydrogen-bond acceptors (Lipinski definition) is 2. The van der Waals surface area contributed by atoms with Crippen LogP contribution in [0, 0.1) is 11.3 Å². The molecule has 2 aromatic rings. The Kier molecular flexibility index (Phi) is 4.30. The van der Waals surface area contributed by atoms with Gasteiger partial charge in [0.25, 0.3) is 0 Å². The van der Waals surface area contributed by atoms with Gasteiger partial charge in [-0.25, -0.2) is 0 Å². The minimum Gasteiger partial charge on any atom is -0.192 e. The molecule has 0 aliphatic rings. The van der Waals surface area contributed by atoms with Crippen LogP contribution in [0.15, 0.2) is 52.3 Å². The van der Waals surface area contributed by atoms with Crippen molar-refractivity contribution in [3.63, 3.8) is 0 Å². The Balaban J connectivity index is 2.29. The van der Waals surface area contributed by atoms with E-state index in [9.17, 15) is 5.26 Å². The summed E-state index contributed by atoms with van der Waals surface area (Å²) in [5.41, 5.74) is 1.92. The van der Waals surface area contributed by atoms with Crippen molar-refractivity contribution >= 4 is 23.4 Å². The second-order valence-corrected chi connectivity index (χ2v) is 5.40. The molecular formula is C15H12ClNS. The number of hydrogen-bond donors (Lipinski definition) is 0. The Morgan fingerprint density at radius 2 is 1.89 bits per heavy atom. The molecule has 90 valence electrons. The predicted octanol–water partition coefficient (Wildman–Crippen LogP) is 4.93.